The summed E-state index contributed by atoms with van der Waals surface area (Å²) < 4.78 is 0. The Balaban J connectivity index is 0.000000346. The monoisotopic (exact) mass is 626 g/mol. The fourth-order valence-corrected chi connectivity index (χ4v) is 2.95. The molecule has 0 saturated heterocycles. The van der Waals surface area contributed by atoms with Gasteiger partial charge in [0, 0.05) is 49.7 Å². The van der Waals surface area contributed by atoms with E-state index in [4.69, 9.17) is 0 Å². The molecule has 0 amide bonds. The summed E-state index contributed by atoms with van der Waals surface area (Å²) >= 11 is 0. The molecule has 181 valence electrons. The van der Waals surface area contributed by atoms with Crippen molar-refractivity contribution >= 4 is 0 Å². The van der Waals surface area contributed by atoms with Crippen LogP contribution in [-0.4, -0.2) is 32.4 Å². The second kappa shape index (κ2) is 12.5. The molecule has 1 aromatic heterocycles. The van der Waals surface area contributed by atoms with Crippen molar-refractivity contribution in [3.05, 3.63) is 72.6 Å². The molecule has 1 radical (unpaired) electrons. The van der Waals surface area contributed by atoms with E-state index in [0.717, 1.165) is 28.2 Å². The number of hydrogen-bond acceptors (Lipinski definition) is 4. The fourth-order valence-electron chi connectivity index (χ4n) is 2.95. The fraction of sp³-hybridized carbons (Fsp3) is 0.429. The van der Waals surface area contributed by atoms with Crippen LogP contribution < -0.4 is 0 Å². The molecule has 2 N–H and O–H groups in total. The van der Waals surface area contributed by atoms with Gasteiger partial charge < -0.3 is 15.2 Å². The largest absolute Gasteiger partial charge is 0.392 e. The number of aliphatic hydroxyl groups is 2. The number of aryl methyl sites for hydroxylation is 1. The average Bonchev–Trinajstić information content (AvgIpc) is 2.74. The maximum Gasteiger partial charge on any atom is 0.0869 e. The molecule has 1 heterocycles. The molecule has 2 aromatic carbocycles. The SMILES string of the molecule is CC(C)(C)C(O)CC(O)C(C)(C)C.Cc1nc(-c2ccccc2)cnc1-c1[c-]cccc1.[Ir]. The van der Waals surface area contributed by atoms with E-state index in [9.17, 15) is 10.2 Å². The zero-order chi connectivity index (χ0) is 23.9. The number of aromatic nitrogens is 2. The first kappa shape index (κ1) is 29.1. The summed E-state index contributed by atoms with van der Waals surface area (Å²) in [6.07, 6.45) is 1.38. The van der Waals surface area contributed by atoms with Crippen molar-refractivity contribution in [2.24, 2.45) is 10.8 Å². The van der Waals surface area contributed by atoms with Gasteiger partial charge in [-0.15, -0.1) is 35.9 Å². The van der Waals surface area contributed by atoms with Crippen molar-refractivity contribution in [3.63, 3.8) is 0 Å². The molecular weight excluding hydrogens is 589 g/mol. The van der Waals surface area contributed by atoms with Crippen molar-refractivity contribution in [2.45, 2.75) is 67.1 Å². The average molecular weight is 626 g/mol. The number of nitrogens with zero attached hydrogens (tertiary/aromatic N) is 2. The summed E-state index contributed by atoms with van der Waals surface area (Å²) in [6.45, 7) is 13.9. The Hall–Kier alpha value is -1.91. The van der Waals surface area contributed by atoms with Gasteiger partial charge in [-0.3, -0.25) is 4.98 Å². The van der Waals surface area contributed by atoms with Gasteiger partial charge in [0.2, 0.25) is 0 Å². The van der Waals surface area contributed by atoms with Gasteiger partial charge in [-0.1, -0.05) is 71.9 Å². The van der Waals surface area contributed by atoms with Gasteiger partial charge in [-0.25, -0.2) is 0 Å². The minimum absolute atomic E-state index is 0. The summed E-state index contributed by atoms with van der Waals surface area (Å²) in [5, 5.41) is 19.5. The first-order valence-corrected chi connectivity index (χ1v) is 11.1. The van der Waals surface area contributed by atoms with Crippen LogP contribution in [0.3, 0.4) is 0 Å². The third-order valence-electron chi connectivity index (χ3n) is 5.43. The van der Waals surface area contributed by atoms with E-state index in [2.05, 4.69) is 16.0 Å². The van der Waals surface area contributed by atoms with Crippen molar-refractivity contribution in [1.29, 1.82) is 0 Å². The quantitative estimate of drug-likeness (QED) is 0.344. The number of hydrogen-bond donors (Lipinski definition) is 2. The second-order valence-electron chi connectivity index (χ2n) is 10.3. The van der Waals surface area contributed by atoms with Gasteiger partial charge in [-0.2, -0.15) is 0 Å². The van der Waals surface area contributed by atoms with Gasteiger partial charge in [0.1, 0.15) is 0 Å². The zero-order valence-corrected chi connectivity index (χ0v) is 23.2. The Kier molecular flexibility index (Phi) is 11.1. The predicted octanol–water partition coefficient (Wildman–Crippen LogP) is 6.11. The molecule has 0 aliphatic rings. The smallest absolute Gasteiger partial charge is 0.0869 e. The summed E-state index contributed by atoms with van der Waals surface area (Å²) in [5.74, 6) is 0. The van der Waals surface area contributed by atoms with Gasteiger partial charge in [0.25, 0.3) is 0 Å². The van der Waals surface area contributed by atoms with Crippen LogP contribution in [0, 0.1) is 23.8 Å². The Morgan fingerprint density at radius 3 is 1.85 bits per heavy atom. The number of benzene rings is 2. The summed E-state index contributed by atoms with van der Waals surface area (Å²) in [7, 11) is 0. The van der Waals surface area contributed by atoms with E-state index in [1.54, 1.807) is 0 Å². The van der Waals surface area contributed by atoms with Crippen LogP contribution in [0.25, 0.3) is 22.5 Å². The molecular formula is C28H37IrN2O2-. The Bertz CT molecular complexity index is 947. The Morgan fingerprint density at radius 2 is 1.39 bits per heavy atom. The van der Waals surface area contributed by atoms with Crippen LogP contribution in [0.15, 0.2) is 60.8 Å². The van der Waals surface area contributed by atoms with Gasteiger partial charge in [0.05, 0.1) is 17.9 Å². The Labute approximate surface area is 212 Å². The minimum Gasteiger partial charge on any atom is -0.392 e. The third-order valence-corrected chi connectivity index (χ3v) is 5.43. The van der Waals surface area contributed by atoms with Crippen LogP contribution in [0.4, 0.5) is 0 Å². The first-order valence-electron chi connectivity index (χ1n) is 11.1. The molecule has 0 spiro atoms. The van der Waals surface area contributed by atoms with Crippen molar-refractivity contribution < 1.29 is 30.3 Å². The number of rotatable bonds is 4. The molecule has 0 fully saturated rings. The minimum atomic E-state index is -0.443. The van der Waals surface area contributed by atoms with E-state index in [1.165, 1.54) is 0 Å². The Morgan fingerprint density at radius 1 is 0.848 bits per heavy atom. The maximum atomic E-state index is 9.76. The molecule has 2 unspecified atom stereocenters. The molecule has 3 aromatic rings. The van der Waals surface area contributed by atoms with Gasteiger partial charge in [-0.05, 0) is 17.8 Å². The molecule has 0 bridgehead atoms. The molecule has 0 aliphatic carbocycles. The molecule has 0 saturated carbocycles. The standard InChI is InChI=1S/C17H13N2.C11H24O2.Ir/c1-13-17(15-10-6-3-7-11-15)18-12-16(19-13)14-8-4-2-5-9-14;1-10(2,3)8(12)7-9(13)11(4,5)6;/h2-10,12H,1H3;8-9,12-13H,7H2,1-6H3;/q-1;;. The molecule has 5 heteroatoms. The topological polar surface area (TPSA) is 66.2 Å². The molecule has 4 nitrogen and oxygen atoms in total. The van der Waals surface area contributed by atoms with Crippen LogP contribution in [-0.2, 0) is 20.1 Å². The van der Waals surface area contributed by atoms with Crippen LogP contribution >= 0.6 is 0 Å². The van der Waals surface area contributed by atoms with Gasteiger partial charge in [0.15, 0.2) is 0 Å². The van der Waals surface area contributed by atoms with E-state index < -0.39 is 12.2 Å². The second-order valence-corrected chi connectivity index (χ2v) is 10.3. The third kappa shape index (κ3) is 9.10. The van der Waals surface area contributed by atoms with Gasteiger partial charge >= 0.3 is 0 Å². The summed E-state index contributed by atoms with van der Waals surface area (Å²) in [5.41, 5.74) is 4.48. The van der Waals surface area contributed by atoms with E-state index in [0.29, 0.717) is 6.42 Å². The van der Waals surface area contributed by atoms with E-state index in [1.807, 2.05) is 109 Å². The van der Waals surface area contributed by atoms with E-state index >= 15 is 0 Å². The van der Waals surface area contributed by atoms with Crippen molar-refractivity contribution in [2.75, 3.05) is 0 Å². The molecule has 33 heavy (non-hydrogen) atoms. The molecule has 2 atom stereocenters. The van der Waals surface area contributed by atoms with Crippen molar-refractivity contribution in [1.82, 2.24) is 9.97 Å². The molecule has 0 aliphatic heterocycles. The molecule has 3 rings (SSSR count). The maximum absolute atomic E-state index is 9.76. The van der Waals surface area contributed by atoms with E-state index in [-0.39, 0.29) is 30.9 Å². The predicted molar refractivity (Wildman–Crippen MR) is 132 cm³/mol. The van der Waals surface area contributed by atoms with Crippen molar-refractivity contribution in [3.8, 4) is 22.5 Å². The summed E-state index contributed by atoms with van der Waals surface area (Å²) in [4.78, 5) is 9.17. The summed E-state index contributed by atoms with van der Waals surface area (Å²) in [6, 6.07) is 21.1. The van der Waals surface area contributed by atoms with Crippen LogP contribution in [0.2, 0.25) is 0 Å². The first-order chi connectivity index (χ1) is 14.9. The van der Waals surface area contributed by atoms with Crippen LogP contribution in [0.5, 0.6) is 0 Å². The number of aliphatic hydroxyl groups excluding tert-OH is 2. The van der Waals surface area contributed by atoms with Crippen LogP contribution in [0.1, 0.15) is 53.7 Å². The normalized spacial score (nSPS) is 13.2. The zero-order valence-electron chi connectivity index (χ0n) is 20.8.